The van der Waals surface area contributed by atoms with Gasteiger partial charge in [-0.15, -0.1) is 0 Å². The van der Waals surface area contributed by atoms with E-state index in [2.05, 4.69) is 38.2 Å². The molecule has 58 heavy (non-hydrogen) atoms. The highest BCUT2D eigenvalue weighted by atomic mass is 31.2. The Labute approximate surface area is 357 Å². The van der Waals surface area contributed by atoms with Gasteiger partial charge < -0.3 is 20.1 Å². The number of unbranched alkanes of at least 4 members (excludes halogenated alkanes) is 29. The molecule has 0 aliphatic rings. The summed E-state index contributed by atoms with van der Waals surface area (Å²) in [7, 11) is -4.38. The molecule has 0 aromatic heterocycles. The van der Waals surface area contributed by atoms with Gasteiger partial charge in [-0.2, -0.15) is 0 Å². The number of carbonyl (C=O) groups is 2. The van der Waals surface area contributed by atoms with E-state index in [0.717, 1.165) is 51.4 Å². The molecule has 0 aliphatic heterocycles. The van der Waals surface area contributed by atoms with Crippen LogP contribution in [0.2, 0.25) is 0 Å². The molecule has 0 radical (unpaired) electrons. The molecule has 0 spiro atoms. The van der Waals surface area contributed by atoms with Crippen LogP contribution in [0.3, 0.4) is 0 Å². The maximum absolute atomic E-state index is 12.6. The van der Waals surface area contributed by atoms with Crippen molar-refractivity contribution < 1.29 is 37.6 Å². The van der Waals surface area contributed by atoms with E-state index in [9.17, 15) is 19.0 Å². The average molecular weight is 842 g/mol. The highest BCUT2D eigenvalue weighted by molar-refractivity contribution is 7.47. The van der Waals surface area contributed by atoms with Gasteiger partial charge in [0.05, 0.1) is 13.2 Å². The number of phosphoric acid groups is 1. The first-order chi connectivity index (χ1) is 28.3. The van der Waals surface area contributed by atoms with E-state index in [1.165, 1.54) is 154 Å². The molecule has 0 aromatic rings. The smallest absolute Gasteiger partial charge is 0.462 e. The molecule has 0 heterocycles. The van der Waals surface area contributed by atoms with Gasteiger partial charge in [-0.1, -0.05) is 205 Å². The van der Waals surface area contributed by atoms with Crippen LogP contribution in [0.5, 0.6) is 0 Å². The molecule has 0 aliphatic carbocycles. The molecule has 0 saturated carbocycles. The number of allylic oxidation sites excluding steroid dienone is 4. The van der Waals surface area contributed by atoms with E-state index in [4.69, 9.17) is 24.3 Å². The second-order valence-electron chi connectivity index (χ2n) is 16.3. The first-order valence-corrected chi connectivity index (χ1v) is 25.8. The van der Waals surface area contributed by atoms with Crippen molar-refractivity contribution in [3.05, 3.63) is 24.3 Å². The highest BCUT2D eigenvalue weighted by Gasteiger charge is 2.26. The molecule has 2 atom stereocenters. The lowest BCUT2D eigenvalue weighted by Gasteiger charge is -2.19. The second-order valence-corrected chi connectivity index (χ2v) is 17.8. The minimum atomic E-state index is -4.38. The predicted octanol–water partition coefficient (Wildman–Crippen LogP) is 14.3. The minimum absolute atomic E-state index is 0.0545. The summed E-state index contributed by atoms with van der Waals surface area (Å²) in [6, 6.07) is 0. The number of carbonyl (C=O) groups excluding carboxylic acids is 2. The third-order valence-corrected chi connectivity index (χ3v) is 11.6. The molecule has 3 N–H and O–H groups in total. The second kappa shape index (κ2) is 45.0. The van der Waals surface area contributed by atoms with Gasteiger partial charge in [0.25, 0.3) is 0 Å². The lowest BCUT2D eigenvalue weighted by molar-refractivity contribution is -0.161. The summed E-state index contributed by atoms with van der Waals surface area (Å²) in [6.45, 7) is 3.74. The Balaban J connectivity index is 4.06. The molecule has 10 heteroatoms. The van der Waals surface area contributed by atoms with Crippen molar-refractivity contribution in [2.45, 2.75) is 245 Å². The van der Waals surface area contributed by atoms with Crippen molar-refractivity contribution in [2.75, 3.05) is 26.4 Å². The van der Waals surface area contributed by atoms with Gasteiger partial charge in [-0.05, 0) is 44.9 Å². The van der Waals surface area contributed by atoms with Crippen molar-refractivity contribution in [3.8, 4) is 0 Å². The Bertz CT molecular complexity index is 1010. The zero-order valence-electron chi connectivity index (χ0n) is 37.8. The lowest BCUT2D eigenvalue weighted by atomic mass is 10.0. The average Bonchev–Trinajstić information content (AvgIpc) is 3.21. The van der Waals surface area contributed by atoms with Crippen LogP contribution in [0.15, 0.2) is 24.3 Å². The van der Waals surface area contributed by atoms with Crippen molar-refractivity contribution in [1.29, 1.82) is 0 Å². The fourth-order valence-corrected chi connectivity index (χ4v) is 7.73. The van der Waals surface area contributed by atoms with E-state index >= 15 is 0 Å². The molecule has 0 saturated heterocycles. The molecule has 342 valence electrons. The monoisotopic (exact) mass is 842 g/mol. The third kappa shape index (κ3) is 44.1. The van der Waals surface area contributed by atoms with Crippen molar-refractivity contribution in [2.24, 2.45) is 5.73 Å². The maximum atomic E-state index is 12.6. The standard InChI is InChI=1S/C48H92NO8P/c1-3-5-7-9-11-13-15-17-19-21-23-25-27-29-31-33-35-37-39-41-48(51)57-46(45-56-58(52,53)55-43-42-49)44-54-47(50)40-38-36-34-32-30-28-26-24-22-20-18-16-14-12-10-8-6-4-2/h11,13,17,19,46H,3-10,12,14-16,18,20-45,49H2,1-2H3,(H,52,53)/b13-11-,19-17-/t46-/m1/s1. The Kier molecular flexibility index (Phi) is 43.9. The molecular formula is C48H92NO8P. The summed E-state index contributed by atoms with van der Waals surface area (Å²) in [5, 5.41) is 0. The topological polar surface area (TPSA) is 134 Å². The van der Waals surface area contributed by atoms with Crippen LogP contribution in [0.1, 0.15) is 239 Å². The fraction of sp³-hybridized carbons (Fsp3) is 0.875. The Morgan fingerprint density at radius 3 is 1.34 bits per heavy atom. The van der Waals surface area contributed by atoms with Gasteiger partial charge in [0, 0.05) is 19.4 Å². The van der Waals surface area contributed by atoms with E-state index in [1.807, 2.05) is 0 Å². The van der Waals surface area contributed by atoms with Crippen LogP contribution in [0.25, 0.3) is 0 Å². The van der Waals surface area contributed by atoms with Gasteiger partial charge in [0.15, 0.2) is 6.10 Å². The summed E-state index contributed by atoms with van der Waals surface area (Å²) in [6.07, 6.45) is 49.2. The van der Waals surface area contributed by atoms with Gasteiger partial charge in [0.2, 0.25) is 0 Å². The molecule has 0 amide bonds. The molecule has 0 rings (SSSR count). The highest BCUT2D eigenvalue weighted by Crippen LogP contribution is 2.43. The summed E-state index contributed by atoms with van der Waals surface area (Å²) < 4.78 is 32.9. The van der Waals surface area contributed by atoms with Crippen LogP contribution in [0, 0.1) is 0 Å². The van der Waals surface area contributed by atoms with E-state index in [1.54, 1.807) is 0 Å². The number of hydrogen-bond donors (Lipinski definition) is 2. The van der Waals surface area contributed by atoms with Crippen LogP contribution >= 0.6 is 7.82 Å². The maximum Gasteiger partial charge on any atom is 0.472 e. The van der Waals surface area contributed by atoms with Crippen molar-refractivity contribution >= 4 is 19.8 Å². The molecular weight excluding hydrogens is 750 g/mol. The van der Waals surface area contributed by atoms with Crippen molar-refractivity contribution in [3.63, 3.8) is 0 Å². The Morgan fingerprint density at radius 1 is 0.517 bits per heavy atom. The SMILES string of the molecule is CCCCC/C=C\C/C=C\CCCCCCCCCCCC(=O)O[C@H](COC(=O)CCCCCCCCCCCCCCCCCCCC)COP(=O)(O)OCCN. The van der Waals surface area contributed by atoms with E-state index in [0.29, 0.717) is 6.42 Å². The zero-order valence-corrected chi connectivity index (χ0v) is 38.7. The van der Waals surface area contributed by atoms with Crippen LogP contribution < -0.4 is 5.73 Å². The number of ether oxygens (including phenoxy) is 2. The Hall–Kier alpha value is -1.51. The van der Waals surface area contributed by atoms with Gasteiger partial charge in [-0.25, -0.2) is 4.57 Å². The first kappa shape index (κ1) is 56.5. The quantitative estimate of drug-likeness (QED) is 0.0266. The zero-order chi connectivity index (χ0) is 42.5. The fourth-order valence-electron chi connectivity index (χ4n) is 6.96. The molecule has 9 nitrogen and oxygen atoms in total. The van der Waals surface area contributed by atoms with Crippen LogP contribution in [-0.4, -0.2) is 49.3 Å². The number of phosphoric ester groups is 1. The lowest BCUT2D eigenvalue weighted by Crippen LogP contribution is -2.29. The van der Waals surface area contributed by atoms with Crippen molar-refractivity contribution in [1.82, 2.24) is 0 Å². The predicted molar refractivity (Wildman–Crippen MR) is 243 cm³/mol. The summed E-state index contributed by atoms with van der Waals surface area (Å²) >= 11 is 0. The molecule has 1 unspecified atom stereocenters. The van der Waals surface area contributed by atoms with Gasteiger partial charge >= 0.3 is 19.8 Å². The molecule has 0 fully saturated rings. The van der Waals surface area contributed by atoms with Crippen LogP contribution in [-0.2, 0) is 32.7 Å². The number of hydrogen-bond acceptors (Lipinski definition) is 8. The summed E-state index contributed by atoms with van der Waals surface area (Å²) in [4.78, 5) is 35.0. The summed E-state index contributed by atoms with van der Waals surface area (Å²) in [5.41, 5.74) is 5.36. The minimum Gasteiger partial charge on any atom is -0.462 e. The van der Waals surface area contributed by atoms with Gasteiger partial charge in [0.1, 0.15) is 6.61 Å². The third-order valence-electron chi connectivity index (χ3n) is 10.6. The Morgan fingerprint density at radius 2 is 0.897 bits per heavy atom. The summed E-state index contributed by atoms with van der Waals surface area (Å²) in [5.74, 6) is -0.821. The van der Waals surface area contributed by atoms with E-state index < -0.39 is 26.5 Å². The first-order valence-electron chi connectivity index (χ1n) is 24.3. The number of rotatable bonds is 46. The van der Waals surface area contributed by atoms with Gasteiger partial charge in [-0.3, -0.25) is 18.6 Å². The van der Waals surface area contributed by atoms with Crippen LogP contribution in [0.4, 0.5) is 0 Å². The van der Waals surface area contributed by atoms with E-state index in [-0.39, 0.29) is 38.6 Å². The molecule has 0 bridgehead atoms. The number of nitrogens with two attached hydrogens (primary N) is 1. The number of esters is 2. The largest absolute Gasteiger partial charge is 0.472 e. The normalized spacial score (nSPS) is 13.4. The molecule has 0 aromatic carbocycles.